The van der Waals surface area contributed by atoms with Gasteiger partial charge in [0.05, 0.1) is 16.8 Å². The number of sulfonamides is 1. The molecule has 2 heterocycles. The average Bonchev–Trinajstić information content (AvgIpc) is 3.25. The second kappa shape index (κ2) is 8.54. The fourth-order valence-corrected chi connectivity index (χ4v) is 4.58. The van der Waals surface area contributed by atoms with E-state index in [9.17, 15) is 8.42 Å². The van der Waals surface area contributed by atoms with Crippen molar-refractivity contribution < 1.29 is 8.42 Å². The van der Waals surface area contributed by atoms with E-state index in [0.717, 1.165) is 28.0 Å². The van der Waals surface area contributed by atoms with E-state index in [-0.39, 0.29) is 4.90 Å². The van der Waals surface area contributed by atoms with E-state index >= 15 is 0 Å². The van der Waals surface area contributed by atoms with Gasteiger partial charge in [-0.15, -0.1) is 5.10 Å². The lowest BCUT2D eigenvalue weighted by Gasteiger charge is -2.17. The van der Waals surface area contributed by atoms with Crippen molar-refractivity contribution in [1.82, 2.24) is 10.2 Å². The third-order valence-corrected chi connectivity index (χ3v) is 6.76. The predicted molar refractivity (Wildman–Crippen MR) is 123 cm³/mol. The molecule has 1 fully saturated rings. The van der Waals surface area contributed by atoms with Crippen LogP contribution in [0.4, 0.5) is 22.9 Å². The second-order valence-corrected chi connectivity index (χ2v) is 9.68. The second-order valence-electron chi connectivity index (χ2n) is 6.75. The van der Waals surface area contributed by atoms with E-state index < -0.39 is 10.0 Å². The molecular weight excluding hydrogens is 501 g/mol. The summed E-state index contributed by atoms with van der Waals surface area (Å²) >= 11 is 2.14. The van der Waals surface area contributed by atoms with E-state index in [1.807, 2.05) is 6.07 Å². The molecule has 9 heteroatoms. The normalized spacial score (nSPS) is 14.0. The zero-order valence-electron chi connectivity index (χ0n) is 15.5. The van der Waals surface area contributed by atoms with Crippen LogP contribution in [0, 0.1) is 3.57 Å². The Balaban J connectivity index is 1.44. The van der Waals surface area contributed by atoms with E-state index in [1.165, 1.54) is 12.8 Å². The number of anilines is 4. The van der Waals surface area contributed by atoms with Crippen molar-refractivity contribution in [3.63, 3.8) is 0 Å². The molecule has 1 saturated heterocycles. The SMILES string of the molecule is O=S(=O)(Nc1ccc(Nc2cc(N3CCCC3)cnn2)cc1)c1ccc(I)cc1. The zero-order valence-corrected chi connectivity index (χ0v) is 18.5. The topological polar surface area (TPSA) is 87.2 Å². The highest BCUT2D eigenvalue weighted by molar-refractivity contribution is 14.1. The number of nitrogens with zero attached hydrogens (tertiary/aromatic N) is 3. The molecule has 1 aliphatic heterocycles. The summed E-state index contributed by atoms with van der Waals surface area (Å²) in [5.74, 6) is 0.654. The molecule has 0 aliphatic carbocycles. The largest absolute Gasteiger partial charge is 0.370 e. The molecular formula is C20H20IN5O2S. The maximum atomic E-state index is 12.5. The third-order valence-electron chi connectivity index (χ3n) is 4.64. The summed E-state index contributed by atoms with van der Waals surface area (Å²) in [7, 11) is -3.62. The molecule has 1 aliphatic rings. The summed E-state index contributed by atoms with van der Waals surface area (Å²) in [5.41, 5.74) is 2.35. The van der Waals surface area contributed by atoms with Crippen LogP contribution < -0.4 is 14.9 Å². The first-order valence-corrected chi connectivity index (χ1v) is 11.8. The number of halogens is 1. The molecule has 0 bridgehead atoms. The minimum atomic E-state index is -3.62. The third kappa shape index (κ3) is 4.96. The highest BCUT2D eigenvalue weighted by Crippen LogP contribution is 2.24. The molecule has 7 nitrogen and oxygen atoms in total. The molecule has 0 saturated carbocycles. The maximum absolute atomic E-state index is 12.5. The van der Waals surface area contributed by atoms with E-state index in [1.54, 1.807) is 54.7 Å². The quantitative estimate of drug-likeness (QED) is 0.473. The highest BCUT2D eigenvalue weighted by atomic mass is 127. The molecule has 150 valence electrons. The summed E-state index contributed by atoms with van der Waals surface area (Å²) < 4.78 is 28.6. The van der Waals surface area contributed by atoms with Crippen molar-refractivity contribution in [3.05, 3.63) is 64.4 Å². The van der Waals surface area contributed by atoms with Gasteiger partial charge in [0, 0.05) is 34.1 Å². The monoisotopic (exact) mass is 521 g/mol. The Morgan fingerprint density at radius 2 is 1.59 bits per heavy atom. The van der Waals surface area contributed by atoms with Gasteiger partial charge in [0.1, 0.15) is 0 Å². The standard InChI is InChI=1S/C20H20IN5O2S/c21-15-3-9-19(10-4-15)29(27,28)25-17-7-5-16(6-8-17)23-20-13-18(14-22-24-20)26-11-1-2-12-26/h3-10,13-14,25H,1-2,11-12H2,(H,23,24). The van der Waals surface area contributed by atoms with Crippen molar-refractivity contribution in [2.75, 3.05) is 28.0 Å². The minimum absolute atomic E-state index is 0.231. The number of hydrogen-bond donors (Lipinski definition) is 2. The Morgan fingerprint density at radius 3 is 2.28 bits per heavy atom. The van der Waals surface area contributed by atoms with Crippen LogP contribution in [-0.2, 0) is 10.0 Å². The molecule has 4 rings (SSSR count). The van der Waals surface area contributed by atoms with Gasteiger partial charge >= 0.3 is 0 Å². The molecule has 0 spiro atoms. The summed E-state index contributed by atoms with van der Waals surface area (Å²) in [6, 6.07) is 15.7. The Labute approximate surface area is 183 Å². The van der Waals surface area contributed by atoms with Crippen LogP contribution >= 0.6 is 22.6 Å². The molecule has 0 unspecified atom stereocenters. The van der Waals surface area contributed by atoms with E-state index in [4.69, 9.17) is 0 Å². The molecule has 3 aromatic rings. The van der Waals surface area contributed by atoms with Crippen LogP contribution in [0.25, 0.3) is 0 Å². The average molecular weight is 521 g/mol. The van der Waals surface area contributed by atoms with E-state index in [2.05, 4.69) is 47.7 Å². The van der Waals surface area contributed by atoms with Crippen LogP contribution in [0.1, 0.15) is 12.8 Å². The van der Waals surface area contributed by atoms with Gasteiger partial charge in [-0.2, -0.15) is 5.10 Å². The smallest absolute Gasteiger partial charge is 0.261 e. The van der Waals surface area contributed by atoms with Gasteiger partial charge in [-0.25, -0.2) is 8.42 Å². The van der Waals surface area contributed by atoms with Crippen molar-refractivity contribution in [2.24, 2.45) is 0 Å². The number of benzene rings is 2. The van der Waals surface area contributed by atoms with Gasteiger partial charge in [0.2, 0.25) is 0 Å². The molecule has 2 aromatic carbocycles. The molecule has 1 aromatic heterocycles. The van der Waals surface area contributed by atoms with Crippen LogP contribution in [0.5, 0.6) is 0 Å². The number of aromatic nitrogens is 2. The number of hydrogen-bond acceptors (Lipinski definition) is 6. The summed E-state index contributed by atoms with van der Waals surface area (Å²) in [6.07, 6.45) is 4.17. The number of rotatable bonds is 6. The first-order chi connectivity index (χ1) is 14.0. The van der Waals surface area contributed by atoms with Crippen LogP contribution in [0.15, 0.2) is 65.7 Å². The van der Waals surface area contributed by atoms with Gasteiger partial charge in [-0.05, 0) is 84.0 Å². The lowest BCUT2D eigenvalue weighted by molar-refractivity contribution is 0.601. The van der Waals surface area contributed by atoms with Crippen LogP contribution in [0.2, 0.25) is 0 Å². The molecule has 0 radical (unpaired) electrons. The summed E-state index contributed by atoms with van der Waals surface area (Å²) in [5, 5.41) is 11.4. The van der Waals surface area contributed by atoms with Crippen molar-refractivity contribution in [3.8, 4) is 0 Å². The Hall–Kier alpha value is -2.40. The Bertz CT molecular complexity index is 1080. The summed E-state index contributed by atoms with van der Waals surface area (Å²) in [4.78, 5) is 2.52. The van der Waals surface area contributed by atoms with Gasteiger partial charge < -0.3 is 10.2 Å². The maximum Gasteiger partial charge on any atom is 0.261 e. The van der Waals surface area contributed by atoms with Crippen molar-refractivity contribution in [1.29, 1.82) is 0 Å². The Morgan fingerprint density at radius 1 is 0.931 bits per heavy atom. The van der Waals surface area contributed by atoms with E-state index in [0.29, 0.717) is 11.5 Å². The molecule has 0 amide bonds. The number of nitrogens with one attached hydrogen (secondary N) is 2. The van der Waals surface area contributed by atoms with Crippen molar-refractivity contribution >= 4 is 55.5 Å². The highest BCUT2D eigenvalue weighted by Gasteiger charge is 2.15. The lowest BCUT2D eigenvalue weighted by atomic mass is 10.3. The lowest BCUT2D eigenvalue weighted by Crippen LogP contribution is -2.18. The zero-order chi connectivity index (χ0) is 20.3. The first-order valence-electron chi connectivity index (χ1n) is 9.23. The van der Waals surface area contributed by atoms with Crippen LogP contribution in [-0.4, -0.2) is 31.7 Å². The van der Waals surface area contributed by atoms with Crippen LogP contribution in [0.3, 0.4) is 0 Å². The molecule has 29 heavy (non-hydrogen) atoms. The molecule has 2 N–H and O–H groups in total. The van der Waals surface area contributed by atoms with Gasteiger partial charge in [0.25, 0.3) is 10.0 Å². The fourth-order valence-electron chi connectivity index (χ4n) is 3.16. The van der Waals surface area contributed by atoms with Gasteiger partial charge in [-0.1, -0.05) is 0 Å². The summed E-state index contributed by atoms with van der Waals surface area (Å²) in [6.45, 7) is 2.08. The van der Waals surface area contributed by atoms with Gasteiger partial charge in [-0.3, -0.25) is 4.72 Å². The van der Waals surface area contributed by atoms with Gasteiger partial charge in [0.15, 0.2) is 5.82 Å². The molecule has 0 atom stereocenters. The Kier molecular flexibility index (Phi) is 5.86. The first kappa shape index (κ1) is 19.9. The van der Waals surface area contributed by atoms with Crippen molar-refractivity contribution in [2.45, 2.75) is 17.7 Å². The fraction of sp³-hybridized carbons (Fsp3) is 0.200. The predicted octanol–water partition coefficient (Wildman–Crippen LogP) is 4.23. The minimum Gasteiger partial charge on any atom is -0.370 e.